The summed E-state index contributed by atoms with van der Waals surface area (Å²) in [7, 11) is 0. The molecule has 1 aliphatic rings. The molecular weight excluding hydrogens is 397 g/mol. The monoisotopic (exact) mass is 417 g/mol. The van der Waals surface area contributed by atoms with Crippen molar-refractivity contribution in [3.63, 3.8) is 0 Å². The van der Waals surface area contributed by atoms with Gasteiger partial charge in [-0.2, -0.15) is 0 Å². The molecule has 0 unspecified atom stereocenters. The molecule has 8 heteroatoms. The first-order valence-electron chi connectivity index (χ1n) is 9.30. The summed E-state index contributed by atoms with van der Waals surface area (Å²) in [6.45, 7) is 0.847. The van der Waals surface area contributed by atoms with E-state index < -0.39 is 5.82 Å². The lowest BCUT2D eigenvalue weighted by Crippen LogP contribution is -2.48. The molecular formula is C21H21ClFN3O3. The third kappa shape index (κ3) is 5.77. The van der Waals surface area contributed by atoms with Gasteiger partial charge in [-0.05, 0) is 54.8 Å². The van der Waals surface area contributed by atoms with E-state index in [1.54, 1.807) is 29.2 Å². The van der Waals surface area contributed by atoms with Gasteiger partial charge in [-0.15, -0.1) is 0 Å². The van der Waals surface area contributed by atoms with Gasteiger partial charge in [0.15, 0.2) is 0 Å². The maximum Gasteiger partial charge on any atom is 0.253 e. The van der Waals surface area contributed by atoms with Gasteiger partial charge in [-0.25, -0.2) is 4.39 Å². The lowest BCUT2D eigenvalue weighted by Gasteiger charge is -2.31. The van der Waals surface area contributed by atoms with Gasteiger partial charge in [0.2, 0.25) is 11.8 Å². The molecule has 0 radical (unpaired) electrons. The van der Waals surface area contributed by atoms with Gasteiger partial charge in [-0.1, -0.05) is 23.7 Å². The molecule has 1 fully saturated rings. The smallest absolute Gasteiger partial charge is 0.253 e. The van der Waals surface area contributed by atoms with Crippen LogP contribution in [0, 0.1) is 11.7 Å². The van der Waals surface area contributed by atoms with Crippen LogP contribution in [0.5, 0.6) is 0 Å². The Morgan fingerprint density at radius 1 is 0.966 bits per heavy atom. The van der Waals surface area contributed by atoms with Crippen molar-refractivity contribution >= 4 is 29.3 Å². The first-order valence-corrected chi connectivity index (χ1v) is 9.68. The molecule has 0 bridgehead atoms. The molecule has 29 heavy (non-hydrogen) atoms. The number of nitrogens with zero attached hydrogens (tertiary/aromatic N) is 1. The predicted octanol–water partition coefficient (Wildman–Crippen LogP) is 2.72. The summed E-state index contributed by atoms with van der Waals surface area (Å²) in [4.78, 5) is 38.3. The van der Waals surface area contributed by atoms with Crippen molar-refractivity contribution in [3.05, 3.63) is 70.5 Å². The van der Waals surface area contributed by atoms with Crippen molar-refractivity contribution in [2.75, 3.05) is 13.1 Å². The third-order valence-corrected chi connectivity index (χ3v) is 5.10. The number of hydrogen-bond donors (Lipinski definition) is 2. The second-order valence-electron chi connectivity index (χ2n) is 6.91. The molecule has 0 aromatic heterocycles. The Labute approximate surface area is 173 Å². The van der Waals surface area contributed by atoms with E-state index in [0.29, 0.717) is 36.5 Å². The van der Waals surface area contributed by atoms with Crippen LogP contribution in [0.1, 0.15) is 28.8 Å². The standard InChI is InChI=1S/C21H21ClFN3O3/c22-17-5-1-14(2-6-17)13-19(27)24-25-20(28)15-9-11-26(12-10-15)21(29)16-3-7-18(23)8-4-16/h1-8,15H,9-13H2,(H,24,27)(H,25,28). The van der Waals surface area contributed by atoms with Crippen molar-refractivity contribution < 1.29 is 18.8 Å². The minimum absolute atomic E-state index is 0.127. The summed E-state index contributed by atoms with van der Waals surface area (Å²) < 4.78 is 13.0. The van der Waals surface area contributed by atoms with Crippen LogP contribution in [0.25, 0.3) is 0 Å². The Kier molecular flexibility index (Phi) is 6.82. The largest absolute Gasteiger partial charge is 0.339 e. The number of hydrazine groups is 1. The van der Waals surface area contributed by atoms with E-state index in [0.717, 1.165) is 5.56 Å². The molecule has 2 aromatic carbocycles. The zero-order valence-corrected chi connectivity index (χ0v) is 16.4. The van der Waals surface area contributed by atoms with E-state index in [2.05, 4.69) is 10.9 Å². The van der Waals surface area contributed by atoms with E-state index in [-0.39, 0.29) is 30.1 Å². The minimum Gasteiger partial charge on any atom is -0.339 e. The maximum atomic E-state index is 13.0. The van der Waals surface area contributed by atoms with E-state index in [1.807, 2.05) is 0 Å². The lowest BCUT2D eigenvalue weighted by atomic mass is 9.95. The van der Waals surface area contributed by atoms with Gasteiger partial charge in [0.05, 0.1) is 6.42 Å². The normalized spacial score (nSPS) is 14.3. The summed E-state index contributed by atoms with van der Waals surface area (Å²) in [5, 5.41) is 0.590. The molecule has 0 saturated carbocycles. The van der Waals surface area contributed by atoms with Crippen LogP contribution in [0.15, 0.2) is 48.5 Å². The van der Waals surface area contributed by atoms with Gasteiger partial charge in [0.25, 0.3) is 5.91 Å². The Morgan fingerprint density at radius 2 is 1.59 bits per heavy atom. The van der Waals surface area contributed by atoms with Crippen LogP contribution in [0.2, 0.25) is 5.02 Å². The predicted molar refractivity (Wildman–Crippen MR) is 106 cm³/mol. The molecule has 0 atom stereocenters. The topological polar surface area (TPSA) is 78.5 Å². The quantitative estimate of drug-likeness (QED) is 0.751. The highest BCUT2D eigenvalue weighted by Gasteiger charge is 2.28. The molecule has 0 aliphatic carbocycles. The van der Waals surface area contributed by atoms with Crippen molar-refractivity contribution in [1.82, 2.24) is 15.8 Å². The number of carbonyl (C=O) groups is 3. The molecule has 3 rings (SSSR count). The zero-order chi connectivity index (χ0) is 20.8. The van der Waals surface area contributed by atoms with Crippen molar-refractivity contribution in [2.24, 2.45) is 5.92 Å². The number of piperidine rings is 1. The SMILES string of the molecule is O=C(Cc1ccc(Cl)cc1)NNC(=O)C1CCN(C(=O)c2ccc(F)cc2)CC1. The van der Waals surface area contributed by atoms with E-state index in [1.165, 1.54) is 24.3 Å². The summed E-state index contributed by atoms with van der Waals surface area (Å²) >= 11 is 5.81. The maximum absolute atomic E-state index is 13.0. The fourth-order valence-corrected chi connectivity index (χ4v) is 3.31. The van der Waals surface area contributed by atoms with Crippen LogP contribution in [-0.2, 0) is 16.0 Å². The third-order valence-electron chi connectivity index (χ3n) is 4.85. The molecule has 152 valence electrons. The number of carbonyl (C=O) groups excluding carboxylic acids is 3. The van der Waals surface area contributed by atoms with Crippen molar-refractivity contribution in [2.45, 2.75) is 19.3 Å². The van der Waals surface area contributed by atoms with Gasteiger partial charge in [0, 0.05) is 29.6 Å². The van der Waals surface area contributed by atoms with Crippen LogP contribution >= 0.6 is 11.6 Å². The molecule has 2 aromatic rings. The summed E-state index contributed by atoms with van der Waals surface area (Å²) in [5.41, 5.74) is 6.08. The highest BCUT2D eigenvalue weighted by atomic mass is 35.5. The molecule has 1 heterocycles. The summed E-state index contributed by atoms with van der Waals surface area (Å²) in [6, 6.07) is 12.3. The summed E-state index contributed by atoms with van der Waals surface area (Å²) in [6.07, 6.45) is 1.11. The number of likely N-dealkylation sites (tertiary alicyclic amines) is 1. The van der Waals surface area contributed by atoms with E-state index >= 15 is 0 Å². The molecule has 3 amide bonds. The Morgan fingerprint density at radius 3 is 2.21 bits per heavy atom. The average Bonchev–Trinajstić information content (AvgIpc) is 2.74. The van der Waals surface area contributed by atoms with E-state index in [9.17, 15) is 18.8 Å². The van der Waals surface area contributed by atoms with Gasteiger partial charge in [0.1, 0.15) is 5.82 Å². The van der Waals surface area contributed by atoms with Crippen molar-refractivity contribution in [1.29, 1.82) is 0 Å². The molecule has 2 N–H and O–H groups in total. The van der Waals surface area contributed by atoms with Crippen LogP contribution in [0.3, 0.4) is 0 Å². The van der Waals surface area contributed by atoms with Crippen LogP contribution in [0.4, 0.5) is 4.39 Å². The van der Waals surface area contributed by atoms with Gasteiger partial charge >= 0.3 is 0 Å². The number of hydrogen-bond acceptors (Lipinski definition) is 3. The Hall–Kier alpha value is -2.93. The fourth-order valence-electron chi connectivity index (χ4n) is 3.19. The van der Waals surface area contributed by atoms with Gasteiger partial charge < -0.3 is 4.90 Å². The minimum atomic E-state index is -0.393. The Balaban J connectivity index is 1.42. The second-order valence-corrected chi connectivity index (χ2v) is 7.35. The zero-order valence-electron chi connectivity index (χ0n) is 15.7. The van der Waals surface area contributed by atoms with Crippen LogP contribution in [-0.4, -0.2) is 35.7 Å². The van der Waals surface area contributed by atoms with Crippen molar-refractivity contribution in [3.8, 4) is 0 Å². The lowest BCUT2D eigenvalue weighted by molar-refractivity contribution is -0.131. The molecule has 1 saturated heterocycles. The molecule has 0 spiro atoms. The van der Waals surface area contributed by atoms with Gasteiger partial charge in [-0.3, -0.25) is 25.2 Å². The first-order chi connectivity index (χ1) is 13.9. The first kappa shape index (κ1) is 20.8. The number of nitrogens with one attached hydrogen (secondary N) is 2. The highest BCUT2D eigenvalue weighted by Crippen LogP contribution is 2.19. The molecule has 6 nitrogen and oxygen atoms in total. The average molecular weight is 418 g/mol. The Bertz CT molecular complexity index is 879. The molecule has 1 aliphatic heterocycles. The fraction of sp³-hybridized carbons (Fsp3) is 0.286. The second kappa shape index (κ2) is 9.52. The van der Waals surface area contributed by atoms with Crippen LogP contribution < -0.4 is 10.9 Å². The number of halogens is 2. The highest BCUT2D eigenvalue weighted by molar-refractivity contribution is 6.30. The number of amides is 3. The number of benzene rings is 2. The summed E-state index contributed by atoms with van der Waals surface area (Å²) in [5.74, 6) is -1.47. The number of rotatable bonds is 4. The van der Waals surface area contributed by atoms with E-state index in [4.69, 9.17) is 11.6 Å².